The maximum absolute atomic E-state index is 11.4. The first-order chi connectivity index (χ1) is 8.19. The number of hydrogen-bond acceptors (Lipinski definition) is 2. The predicted octanol–water partition coefficient (Wildman–Crippen LogP) is 4.04. The molecule has 0 aliphatic heterocycles. The molecular formula is C15H18O2. The average molecular weight is 230 g/mol. The third-order valence-electron chi connectivity index (χ3n) is 2.90. The van der Waals surface area contributed by atoms with Crippen LogP contribution in [0.2, 0.25) is 0 Å². The molecular weight excluding hydrogens is 212 g/mol. The van der Waals surface area contributed by atoms with Gasteiger partial charge < -0.3 is 4.42 Å². The molecule has 0 saturated carbocycles. The van der Waals surface area contributed by atoms with Crippen molar-refractivity contribution in [1.82, 2.24) is 0 Å². The highest BCUT2D eigenvalue weighted by Gasteiger charge is 2.06. The molecule has 0 aliphatic carbocycles. The van der Waals surface area contributed by atoms with Gasteiger partial charge in [0.15, 0.2) is 0 Å². The first kappa shape index (κ1) is 11.9. The van der Waals surface area contributed by atoms with Crippen LogP contribution in [0.25, 0.3) is 11.0 Å². The van der Waals surface area contributed by atoms with Gasteiger partial charge in [-0.3, -0.25) is 4.79 Å². The highest BCUT2D eigenvalue weighted by atomic mass is 16.3. The third kappa shape index (κ3) is 2.96. The molecule has 1 aromatic carbocycles. The summed E-state index contributed by atoms with van der Waals surface area (Å²) >= 11 is 0. The largest absolute Gasteiger partial charge is 0.461 e. The Morgan fingerprint density at radius 1 is 1.24 bits per heavy atom. The van der Waals surface area contributed by atoms with E-state index in [9.17, 15) is 4.79 Å². The minimum absolute atomic E-state index is 0.323. The zero-order valence-corrected chi connectivity index (χ0v) is 10.5. The first-order valence-corrected chi connectivity index (χ1v) is 6.20. The second-order valence-corrected chi connectivity index (χ2v) is 4.54. The van der Waals surface area contributed by atoms with Crippen molar-refractivity contribution in [3.8, 4) is 0 Å². The van der Waals surface area contributed by atoms with Crippen molar-refractivity contribution in [2.24, 2.45) is 0 Å². The first-order valence-electron chi connectivity index (χ1n) is 6.20. The van der Waals surface area contributed by atoms with Crippen LogP contribution in [-0.4, -0.2) is 5.78 Å². The fraction of sp³-hybridized carbons (Fsp3) is 0.400. The fourth-order valence-corrected chi connectivity index (χ4v) is 2.01. The number of benzene rings is 1. The summed E-state index contributed by atoms with van der Waals surface area (Å²) in [5.41, 5.74) is 2.14. The lowest BCUT2D eigenvalue weighted by atomic mass is 10.1. The zero-order valence-electron chi connectivity index (χ0n) is 10.5. The molecule has 0 bridgehead atoms. The van der Waals surface area contributed by atoms with E-state index in [1.54, 1.807) is 0 Å². The summed E-state index contributed by atoms with van der Waals surface area (Å²) in [6.45, 7) is 4.10. The molecule has 0 amide bonds. The minimum atomic E-state index is 0.323. The van der Waals surface area contributed by atoms with Gasteiger partial charge in [0, 0.05) is 24.6 Å². The maximum Gasteiger partial charge on any atom is 0.134 e. The van der Waals surface area contributed by atoms with Crippen LogP contribution in [0.4, 0.5) is 0 Å². The normalized spacial score (nSPS) is 10.9. The lowest BCUT2D eigenvalue weighted by Gasteiger charge is -1.95. The average Bonchev–Trinajstić information content (AvgIpc) is 2.68. The number of fused-ring (bicyclic) bond motifs is 1. The van der Waals surface area contributed by atoms with Gasteiger partial charge in [0.05, 0.1) is 0 Å². The molecule has 90 valence electrons. The monoisotopic (exact) mass is 230 g/mol. The topological polar surface area (TPSA) is 30.2 Å². The Kier molecular flexibility index (Phi) is 3.62. The van der Waals surface area contributed by atoms with E-state index in [2.05, 4.69) is 13.0 Å². The fourth-order valence-electron chi connectivity index (χ4n) is 2.01. The summed E-state index contributed by atoms with van der Waals surface area (Å²) in [7, 11) is 0. The minimum Gasteiger partial charge on any atom is -0.461 e. The van der Waals surface area contributed by atoms with Gasteiger partial charge in [-0.15, -0.1) is 0 Å². The highest BCUT2D eigenvalue weighted by molar-refractivity contribution is 5.80. The second kappa shape index (κ2) is 5.17. The highest BCUT2D eigenvalue weighted by Crippen LogP contribution is 2.21. The Labute approximate surface area is 102 Å². The standard InChI is InChI=1S/C15H18O2/c1-3-4-13(16)6-7-14-10-12-9-11(2)5-8-15(12)17-14/h5,8-10H,3-4,6-7H2,1-2H3. The number of rotatable bonds is 5. The van der Waals surface area contributed by atoms with E-state index in [0.717, 1.165) is 23.2 Å². The number of furan rings is 1. The van der Waals surface area contributed by atoms with Crippen LogP contribution in [-0.2, 0) is 11.2 Å². The van der Waals surface area contributed by atoms with Crippen molar-refractivity contribution in [2.45, 2.75) is 39.5 Å². The molecule has 2 heteroatoms. The molecule has 0 atom stereocenters. The van der Waals surface area contributed by atoms with Crippen LogP contribution >= 0.6 is 0 Å². The smallest absolute Gasteiger partial charge is 0.134 e. The SMILES string of the molecule is CCCC(=O)CCc1cc2cc(C)ccc2o1. The van der Waals surface area contributed by atoms with Gasteiger partial charge >= 0.3 is 0 Å². The van der Waals surface area contributed by atoms with Crippen molar-refractivity contribution < 1.29 is 9.21 Å². The third-order valence-corrected chi connectivity index (χ3v) is 2.90. The Balaban J connectivity index is 2.07. The van der Waals surface area contributed by atoms with Crippen LogP contribution in [0.3, 0.4) is 0 Å². The summed E-state index contributed by atoms with van der Waals surface area (Å²) in [6.07, 6.45) is 2.91. The number of hydrogen-bond donors (Lipinski definition) is 0. The lowest BCUT2D eigenvalue weighted by Crippen LogP contribution is -1.98. The molecule has 2 nitrogen and oxygen atoms in total. The summed E-state index contributed by atoms with van der Waals surface area (Å²) in [5.74, 6) is 1.24. The maximum atomic E-state index is 11.4. The van der Waals surface area contributed by atoms with E-state index in [0.29, 0.717) is 25.0 Å². The predicted molar refractivity (Wildman–Crippen MR) is 69.2 cm³/mol. The van der Waals surface area contributed by atoms with Crippen molar-refractivity contribution in [2.75, 3.05) is 0 Å². The summed E-state index contributed by atoms with van der Waals surface area (Å²) in [4.78, 5) is 11.4. The Morgan fingerprint density at radius 2 is 2.06 bits per heavy atom. The molecule has 0 aliphatic rings. The second-order valence-electron chi connectivity index (χ2n) is 4.54. The quantitative estimate of drug-likeness (QED) is 0.775. The number of carbonyl (C=O) groups is 1. The summed E-state index contributed by atoms with van der Waals surface area (Å²) in [5, 5.41) is 1.13. The van der Waals surface area contributed by atoms with Gasteiger partial charge in [-0.25, -0.2) is 0 Å². The van der Waals surface area contributed by atoms with Gasteiger partial charge in [-0.2, -0.15) is 0 Å². The summed E-state index contributed by atoms with van der Waals surface area (Å²) < 4.78 is 5.70. The Hall–Kier alpha value is -1.57. The molecule has 1 aromatic heterocycles. The number of ketones is 1. The zero-order chi connectivity index (χ0) is 12.3. The Morgan fingerprint density at radius 3 is 2.82 bits per heavy atom. The van der Waals surface area contributed by atoms with Crippen molar-refractivity contribution in [3.05, 3.63) is 35.6 Å². The van der Waals surface area contributed by atoms with Crippen molar-refractivity contribution in [3.63, 3.8) is 0 Å². The van der Waals surface area contributed by atoms with E-state index >= 15 is 0 Å². The molecule has 1 heterocycles. The number of carbonyl (C=O) groups excluding carboxylic acids is 1. The van der Waals surface area contributed by atoms with Gasteiger partial charge in [-0.05, 0) is 31.5 Å². The van der Waals surface area contributed by atoms with Crippen LogP contribution in [0, 0.1) is 6.92 Å². The van der Waals surface area contributed by atoms with E-state index in [1.807, 2.05) is 25.1 Å². The Bertz CT molecular complexity index is 523. The molecule has 0 unspecified atom stereocenters. The molecule has 2 aromatic rings. The molecule has 2 rings (SSSR count). The number of aryl methyl sites for hydroxylation is 2. The van der Waals surface area contributed by atoms with Crippen LogP contribution < -0.4 is 0 Å². The van der Waals surface area contributed by atoms with Gasteiger partial charge in [0.2, 0.25) is 0 Å². The van der Waals surface area contributed by atoms with Crippen LogP contribution in [0.15, 0.2) is 28.7 Å². The van der Waals surface area contributed by atoms with E-state index in [-0.39, 0.29) is 0 Å². The summed E-state index contributed by atoms with van der Waals surface area (Å²) in [6, 6.07) is 8.18. The molecule has 17 heavy (non-hydrogen) atoms. The van der Waals surface area contributed by atoms with Crippen LogP contribution in [0.5, 0.6) is 0 Å². The molecule has 0 fully saturated rings. The van der Waals surface area contributed by atoms with E-state index < -0.39 is 0 Å². The van der Waals surface area contributed by atoms with Crippen molar-refractivity contribution >= 4 is 16.8 Å². The molecule has 0 saturated heterocycles. The van der Waals surface area contributed by atoms with E-state index in [4.69, 9.17) is 4.42 Å². The van der Waals surface area contributed by atoms with E-state index in [1.165, 1.54) is 5.56 Å². The van der Waals surface area contributed by atoms with Crippen molar-refractivity contribution in [1.29, 1.82) is 0 Å². The van der Waals surface area contributed by atoms with Gasteiger partial charge in [0.1, 0.15) is 17.1 Å². The molecule has 0 spiro atoms. The molecule has 0 radical (unpaired) electrons. The molecule has 0 N–H and O–H groups in total. The number of Topliss-reactive ketones (excluding diaryl/α,β-unsaturated/α-hetero) is 1. The van der Waals surface area contributed by atoms with Crippen LogP contribution in [0.1, 0.15) is 37.5 Å². The van der Waals surface area contributed by atoms with Gasteiger partial charge in [0.25, 0.3) is 0 Å². The lowest BCUT2D eigenvalue weighted by molar-refractivity contribution is -0.119. The van der Waals surface area contributed by atoms with Gasteiger partial charge in [-0.1, -0.05) is 18.6 Å².